The third kappa shape index (κ3) is 4.53. The number of fused-ring (bicyclic) bond motifs is 1. The molecule has 122 valence electrons. The van der Waals surface area contributed by atoms with Crippen molar-refractivity contribution < 1.29 is 9.47 Å². The molecule has 1 unspecified atom stereocenters. The van der Waals surface area contributed by atoms with Crippen molar-refractivity contribution in [1.29, 1.82) is 0 Å². The molecule has 1 aliphatic heterocycles. The number of rotatable bonds is 5. The zero-order valence-corrected chi connectivity index (χ0v) is 15.6. The number of hydrogen-bond acceptors (Lipinski definition) is 3. The Morgan fingerprint density at radius 3 is 2.91 bits per heavy atom. The Labute approximate surface area is 149 Å². The van der Waals surface area contributed by atoms with E-state index in [2.05, 4.69) is 35.2 Å². The van der Waals surface area contributed by atoms with E-state index in [-0.39, 0.29) is 30.1 Å². The molecule has 0 spiro atoms. The minimum absolute atomic E-state index is 0. The van der Waals surface area contributed by atoms with E-state index in [0.29, 0.717) is 13.1 Å². The van der Waals surface area contributed by atoms with Crippen LogP contribution in [0.2, 0.25) is 0 Å². The van der Waals surface area contributed by atoms with Crippen LogP contribution >= 0.6 is 24.0 Å². The average Bonchev–Trinajstić information content (AvgIpc) is 2.85. The summed E-state index contributed by atoms with van der Waals surface area (Å²) in [6, 6.07) is 4.11. The molecule has 1 aliphatic rings. The number of ether oxygens (including phenoxy) is 2. The molecule has 1 heterocycles. The highest BCUT2D eigenvalue weighted by Crippen LogP contribution is 2.34. The zero-order chi connectivity index (χ0) is 15.2. The van der Waals surface area contributed by atoms with E-state index < -0.39 is 0 Å². The normalized spacial score (nSPS) is 16.1. The van der Waals surface area contributed by atoms with Crippen molar-refractivity contribution in [2.24, 2.45) is 4.99 Å². The lowest BCUT2D eigenvalue weighted by Gasteiger charge is -2.14. The third-order valence-electron chi connectivity index (χ3n) is 3.38. The number of benzene rings is 1. The number of halogens is 1. The van der Waals surface area contributed by atoms with E-state index in [1.165, 1.54) is 5.56 Å². The molecule has 0 aromatic heterocycles. The number of methoxy groups -OCH3 is 1. The maximum atomic E-state index is 5.80. The van der Waals surface area contributed by atoms with Crippen molar-refractivity contribution in [3.63, 3.8) is 0 Å². The first-order valence-electron chi connectivity index (χ1n) is 7.09. The van der Waals surface area contributed by atoms with Crippen LogP contribution < -0.4 is 20.1 Å². The van der Waals surface area contributed by atoms with Gasteiger partial charge in [0, 0.05) is 37.7 Å². The Morgan fingerprint density at radius 1 is 1.50 bits per heavy atom. The summed E-state index contributed by atoms with van der Waals surface area (Å²) in [6.45, 7) is 7.04. The molecular formula is C16H24IN3O2. The van der Waals surface area contributed by atoms with Crippen molar-refractivity contribution >= 4 is 29.9 Å². The summed E-state index contributed by atoms with van der Waals surface area (Å²) in [5.41, 5.74) is 2.25. The lowest BCUT2D eigenvalue weighted by atomic mass is 10.1. The molecule has 0 saturated carbocycles. The lowest BCUT2D eigenvalue weighted by Crippen LogP contribution is -2.36. The van der Waals surface area contributed by atoms with Crippen LogP contribution in [0.25, 0.3) is 0 Å². The summed E-state index contributed by atoms with van der Waals surface area (Å²) in [6.07, 6.45) is 2.95. The molecule has 0 amide bonds. The Kier molecular flexibility index (Phi) is 7.50. The zero-order valence-electron chi connectivity index (χ0n) is 13.3. The standard InChI is InChI=1S/C16H23N3O2.HI/c1-5-6-18-16(17-3)19-10-13-9-15-12(7-11(2)21-15)8-14(13)20-4;/h5,8-9,11H,1,6-7,10H2,2-4H3,(H2,17,18,19);1H. The first-order valence-corrected chi connectivity index (χ1v) is 7.09. The number of hydrogen-bond donors (Lipinski definition) is 2. The molecule has 2 N–H and O–H groups in total. The van der Waals surface area contributed by atoms with E-state index >= 15 is 0 Å². The number of aliphatic imine (C=N–C) groups is 1. The molecule has 0 radical (unpaired) electrons. The Balaban J connectivity index is 0.00000242. The molecule has 0 aliphatic carbocycles. The fourth-order valence-corrected chi connectivity index (χ4v) is 2.38. The van der Waals surface area contributed by atoms with Gasteiger partial charge < -0.3 is 20.1 Å². The van der Waals surface area contributed by atoms with E-state index in [9.17, 15) is 0 Å². The van der Waals surface area contributed by atoms with Gasteiger partial charge in [-0.1, -0.05) is 6.08 Å². The summed E-state index contributed by atoms with van der Waals surface area (Å²) >= 11 is 0. The van der Waals surface area contributed by atoms with Crippen LogP contribution in [0.15, 0.2) is 29.8 Å². The predicted molar refractivity (Wildman–Crippen MR) is 101 cm³/mol. The molecule has 2 rings (SSSR count). The molecule has 22 heavy (non-hydrogen) atoms. The van der Waals surface area contributed by atoms with Crippen LogP contribution in [-0.4, -0.2) is 32.8 Å². The van der Waals surface area contributed by atoms with Crippen molar-refractivity contribution in [2.45, 2.75) is 26.0 Å². The second-order valence-electron chi connectivity index (χ2n) is 5.00. The SMILES string of the molecule is C=CCNC(=NC)NCc1cc2c(cc1OC)CC(C)O2.I. The van der Waals surface area contributed by atoms with Gasteiger partial charge in [0.05, 0.1) is 7.11 Å². The average molecular weight is 417 g/mol. The maximum absolute atomic E-state index is 5.80. The highest BCUT2D eigenvalue weighted by atomic mass is 127. The van der Waals surface area contributed by atoms with E-state index in [0.717, 1.165) is 29.4 Å². The minimum Gasteiger partial charge on any atom is -0.496 e. The highest BCUT2D eigenvalue weighted by molar-refractivity contribution is 14.0. The highest BCUT2D eigenvalue weighted by Gasteiger charge is 2.21. The van der Waals surface area contributed by atoms with Crippen LogP contribution in [0.3, 0.4) is 0 Å². The summed E-state index contributed by atoms with van der Waals surface area (Å²) in [7, 11) is 3.43. The minimum atomic E-state index is 0. The van der Waals surface area contributed by atoms with Crippen LogP contribution in [-0.2, 0) is 13.0 Å². The molecule has 1 aromatic carbocycles. The summed E-state index contributed by atoms with van der Waals surface area (Å²) < 4.78 is 11.3. The Hall–Kier alpha value is -1.44. The van der Waals surface area contributed by atoms with E-state index in [1.54, 1.807) is 20.2 Å². The quantitative estimate of drug-likeness (QED) is 0.335. The van der Waals surface area contributed by atoms with Gasteiger partial charge in [-0.25, -0.2) is 0 Å². The molecule has 0 saturated heterocycles. The molecular weight excluding hydrogens is 393 g/mol. The summed E-state index contributed by atoms with van der Waals surface area (Å²) in [5, 5.41) is 6.39. The number of nitrogens with zero attached hydrogens (tertiary/aromatic N) is 1. The summed E-state index contributed by atoms with van der Waals surface area (Å²) in [5.74, 6) is 2.55. The van der Waals surface area contributed by atoms with Crippen molar-refractivity contribution in [3.8, 4) is 11.5 Å². The van der Waals surface area contributed by atoms with Crippen LogP contribution in [0.5, 0.6) is 11.5 Å². The Morgan fingerprint density at radius 2 is 2.27 bits per heavy atom. The maximum Gasteiger partial charge on any atom is 0.191 e. The van der Waals surface area contributed by atoms with Gasteiger partial charge in [-0.05, 0) is 19.1 Å². The van der Waals surface area contributed by atoms with Crippen LogP contribution in [0, 0.1) is 0 Å². The lowest BCUT2D eigenvalue weighted by molar-refractivity contribution is 0.254. The van der Waals surface area contributed by atoms with Gasteiger partial charge in [0.1, 0.15) is 17.6 Å². The predicted octanol–water partition coefficient (Wildman–Crippen LogP) is 2.49. The van der Waals surface area contributed by atoms with Gasteiger partial charge in [0.25, 0.3) is 0 Å². The fourth-order valence-electron chi connectivity index (χ4n) is 2.38. The molecule has 1 aromatic rings. The van der Waals surface area contributed by atoms with Crippen LogP contribution in [0.4, 0.5) is 0 Å². The first-order chi connectivity index (χ1) is 10.2. The second kappa shape index (κ2) is 8.87. The largest absolute Gasteiger partial charge is 0.496 e. The van der Waals surface area contributed by atoms with Crippen molar-refractivity contribution in [2.75, 3.05) is 20.7 Å². The third-order valence-corrected chi connectivity index (χ3v) is 3.38. The fraction of sp³-hybridized carbons (Fsp3) is 0.438. The van der Waals surface area contributed by atoms with E-state index in [1.807, 2.05) is 6.07 Å². The van der Waals surface area contributed by atoms with Gasteiger partial charge in [-0.2, -0.15) is 0 Å². The van der Waals surface area contributed by atoms with Crippen LogP contribution in [0.1, 0.15) is 18.1 Å². The molecule has 0 fully saturated rings. The smallest absolute Gasteiger partial charge is 0.191 e. The van der Waals surface area contributed by atoms with E-state index in [4.69, 9.17) is 9.47 Å². The molecule has 5 nitrogen and oxygen atoms in total. The summed E-state index contributed by atoms with van der Waals surface area (Å²) in [4.78, 5) is 4.16. The van der Waals surface area contributed by atoms with Gasteiger partial charge in [0.2, 0.25) is 0 Å². The van der Waals surface area contributed by atoms with Gasteiger partial charge in [-0.15, -0.1) is 30.6 Å². The molecule has 6 heteroatoms. The van der Waals surface area contributed by atoms with Crippen molar-refractivity contribution in [3.05, 3.63) is 35.9 Å². The molecule has 0 bridgehead atoms. The topological polar surface area (TPSA) is 54.9 Å². The number of guanidine groups is 1. The monoisotopic (exact) mass is 417 g/mol. The van der Waals surface area contributed by atoms with Gasteiger partial charge >= 0.3 is 0 Å². The first kappa shape index (κ1) is 18.6. The van der Waals surface area contributed by atoms with Gasteiger partial charge in [-0.3, -0.25) is 4.99 Å². The van der Waals surface area contributed by atoms with Gasteiger partial charge in [0.15, 0.2) is 5.96 Å². The molecule has 1 atom stereocenters. The van der Waals surface area contributed by atoms with Crippen molar-refractivity contribution in [1.82, 2.24) is 10.6 Å². The Bertz CT molecular complexity index is 546. The number of nitrogens with one attached hydrogen (secondary N) is 2. The second-order valence-corrected chi connectivity index (χ2v) is 5.00.